The van der Waals surface area contributed by atoms with Crippen LogP contribution in [0.5, 0.6) is 0 Å². The first-order valence-corrected chi connectivity index (χ1v) is 8.31. The van der Waals surface area contributed by atoms with Crippen molar-refractivity contribution in [2.45, 2.75) is 38.2 Å². The molecule has 0 radical (unpaired) electrons. The third-order valence-corrected chi connectivity index (χ3v) is 4.59. The molecule has 3 N–H and O–H groups in total. The Morgan fingerprint density at radius 3 is 2.83 bits per heavy atom. The average Bonchev–Trinajstić information content (AvgIpc) is 3.14. The first-order chi connectivity index (χ1) is 11.3. The predicted molar refractivity (Wildman–Crippen MR) is 88.9 cm³/mol. The van der Waals surface area contributed by atoms with Crippen molar-refractivity contribution in [2.75, 3.05) is 6.54 Å². The lowest BCUT2D eigenvalue weighted by Crippen LogP contribution is -2.37. The number of hydrogen-bond acceptors (Lipinski definition) is 3. The molecule has 122 valence electrons. The van der Waals surface area contributed by atoms with Crippen molar-refractivity contribution in [3.05, 3.63) is 42.2 Å². The Morgan fingerprint density at radius 1 is 1.30 bits per heavy atom. The van der Waals surface area contributed by atoms with Crippen LogP contribution in [0.1, 0.15) is 42.5 Å². The number of imidazole rings is 1. The second-order valence-electron chi connectivity index (χ2n) is 6.16. The summed E-state index contributed by atoms with van der Waals surface area (Å²) in [5.41, 5.74) is 1.33. The summed E-state index contributed by atoms with van der Waals surface area (Å²) in [6.45, 7) is 0.302. The molecule has 0 aliphatic heterocycles. The maximum atomic E-state index is 12.5. The Morgan fingerprint density at radius 2 is 2.09 bits per heavy atom. The van der Waals surface area contributed by atoms with Crippen molar-refractivity contribution >= 4 is 5.91 Å². The number of aromatic nitrogens is 2. The molecule has 1 fully saturated rings. The zero-order valence-electron chi connectivity index (χ0n) is 13.2. The van der Waals surface area contributed by atoms with E-state index in [4.69, 9.17) is 0 Å². The highest BCUT2D eigenvalue weighted by Crippen LogP contribution is 2.26. The van der Waals surface area contributed by atoms with Crippen LogP contribution in [0.25, 0.3) is 11.4 Å². The Kier molecular flexibility index (Phi) is 5.08. The lowest BCUT2D eigenvalue weighted by atomic mass is 9.85. The molecular formula is C18H23N3O2. The van der Waals surface area contributed by atoms with E-state index in [-0.39, 0.29) is 5.91 Å². The lowest BCUT2D eigenvalue weighted by molar-refractivity contribution is 0.0739. The van der Waals surface area contributed by atoms with Gasteiger partial charge in [0.1, 0.15) is 5.82 Å². The number of carbonyl (C=O) groups excluding carboxylic acids is 1. The van der Waals surface area contributed by atoms with Crippen LogP contribution in [-0.4, -0.2) is 33.6 Å². The Balaban J connectivity index is 1.64. The van der Waals surface area contributed by atoms with E-state index in [1.807, 2.05) is 18.2 Å². The molecule has 5 heteroatoms. The number of carbonyl (C=O) groups is 1. The van der Waals surface area contributed by atoms with E-state index in [1.54, 1.807) is 18.5 Å². The monoisotopic (exact) mass is 313 g/mol. The van der Waals surface area contributed by atoms with Crippen LogP contribution in [0.4, 0.5) is 0 Å². The standard InChI is InChI=1S/C18H23N3O2/c22-16(13-6-2-1-3-7-13)12-21-18(23)15-9-5-4-8-14(15)17-19-10-11-20-17/h4-5,8-11,13,16,22H,1-3,6-7,12H2,(H,19,20)(H,21,23). The van der Waals surface area contributed by atoms with Gasteiger partial charge in [0, 0.05) is 24.5 Å². The summed E-state index contributed by atoms with van der Waals surface area (Å²) in [6.07, 6.45) is 8.66. The van der Waals surface area contributed by atoms with E-state index in [2.05, 4.69) is 15.3 Å². The summed E-state index contributed by atoms with van der Waals surface area (Å²) >= 11 is 0. The molecule has 2 aromatic rings. The molecule has 1 amide bonds. The van der Waals surface area contributed by atoms with Crippen LogP contribution >= 0.6 is 0 Å². The molecule has 1 atom stereocenters. The molecule has 3 rings (SSSR count). The molecular weight excluding hydrogens is 290 g/mol. The second kappa shape index (κ2) is 7.42. The van der Waals surface area contributed by atoms with Crippen molar-refractivity contribution in [3.8, 4) is 11.4 Å². The lowest BCUT2D eigenvalue weighted by Gasteiger charge is -2.26. The van der Waals surface area contributed by atoms with Gasteiger partial charge in [0.15, 0.2) is 0 Å². The van der Waals surface area contributed by atoms with Crippen LogP contribution in [0.15, 0.2) is 36.7 Å². The summed E-state index contributed by atoms with van der Waals surface area (Å²) < 4.78 is 0. The van der Waals surface area contributed by atoms with Gasteiger partial charge in [0.2, 0.25) is 0 Å². The number of rotatable bonds is 5. The number of benzene rings is 1. The van der Waals surface area contributed by atoms with E-state index in [0.717, 1.165) is 18.4 Å². The highest BCUT2D eigenvalue weighted by atomic mass is 16.3. The molecule has 1 aliphatic carbocycles. The second-order valence-corrected chi connectivity index (χ2v) is 6.16. The Hall–Kier alpha value is -2.14. The largest absolute Gasteiger partial charge is 0.391 e. The van der Waals surface area contributed by atoms with Crippen molar-refractivity contribution in [3.63, 3.8) is 0 Å². The molecule has 1 unspecified atom stereocenters. The van der Waals surface area contributed by atoms with Gasteiger partial charge in [-0.1, -0.05) is 37.5 Å². The number of aliphatic hydroxyl groups excluding tert-OH is 1. The van der Waals surface area contributed by atoms with Gasteiger partial charge in [0.05, 0.1) is 11.7 Å². The molecule has 1 aliphatic rings. The molecule has 5 nitrogen and oxygen atoms in total. The van der Waals surface area contributed by atoms with Crippen LogP contribution in [-0.2, 0) is 0 Å². The van der Waals surface area contributed by atoms with Crippen LogP contribution in [0.3, 0.4) is 0 Å². The van der Waals surface area contributed by atoms with E-state index in [0.29, 0.717) is 23.9 Å². The van der Waals surface area contributed by atoms with Gasteiger partial charge < -0.3 is 15.4 Å². The van der Waals surface area contributed by atoms with E-state index in [1.165, 1.54) is 19.3 Å². The maximum absolute atomic E-state index is 12.5. The van der Waals surface area contributed by atoms with Crippen molar-refractivity contribution < 1.29 is 9.90 Å². The zero-order valence-corrected chi connectivity index (χ0v) is 13.2. The number of H-pyrrole nitrogens is 1. The highest BCUT2D eigenvalue weighted by molar-refractivity contribution is 6.00. The van der Waals surface area contributed by atoms with Gasteiger partial charge >= 0.3 is 0 Å². The molecule has 0 bridgehead atoms. The highest BCUT2D eigenvalue weighted by Gasteiger charge is 2.22. The fourth-order valence-electron chi connectivity index (χ4n) is 3.28. The topological polar surface area (TPSA) is 78.0 Å². The number of nitrogens with zero attached hydrogens (tertiary/aromatic N) is 1. The normalized spacial score (nSPS) is 16.9. The van der Waals surface area contributed by atoms with Gasteiger partial charge in [-0.25, -0.2) is 4.98 Å². The van der Waals surface area contributed by atoms with E-state index >= 15 is 0 Å². The van der Waals surface area contributed by atoms with Crippen LogP contribution < -0.4 is 5.32 Å². The minimum Gasteiger partial charge on any atom is -0.391 e. The Bertz CT molecular complexity index is 633. The number of aromatic amines is 1. The smallest absolute Gasteiger partial charge is 0.252 e. The number of aliphatic hydroxyl groups is 1. The van der Waals surface area contributed by atoms with Crippen LogP contribution in [0.2, 0.25) is 0 Å². The van der Waals surface area contributed by atoms with E-state index in [9.17, 15) is 9.90 Å². The molecule has 23 heavy (non-hydrogen) atoms. The third kappa shape index (κ3) is 3.79. The predicted octanol–water partition coefficient (Wildman–Crippen LogP) is 2.75. The quantitative estimate of drug-likeness (QED) is 0.794. The summed E-state index contributed by atoms with van der Waals surface area (Å²) in [5.74, 6) is 0.805. The summed E-state index contributed by atoms with van der Waals surface area (Å²) in [6, 6.07) is 7.36. The molecule has 1 aromatic carbocycles. The molecule has 0 spiro atoms. The fraction of sp³-hybridized carbons (Fsp3) is 0.444. The maximum Gasteiger partial charge on any atom is 0.252 e. The van der Waals surface area contributed by atoms with E-state index < -0.39 is 6.10 Å². The summed E-state index contributed by atoms with van der Waals surface area (Å²) in [4.78, 5) is 19.7. The first-order valence-electron chi connectivity index (χ1n) is 8.31. The summed E-state index contributed by atoms with van der Waals surface area (Å²) in [7, 11) is 0. The van der Waals surface area contributed by atoms with Crippen molar-refractivity contribution in [2.24, 2.45) is 5.92 Å². The van der Waals surface area contributed by atoms with Crippen molar-refractivity contribution in [1.82, 2.24) is 15.3 Å². The molecule has 0 saturated heterocycles. The SMILES string of the molecule is O=C(NCC(O)C1CCCCC1)c1ccccc1-c1ncc[nH]1. The zero-order chi connectivity index (χ0) is 16.1. The first kappa shape index (κ1) is 15.7. The average molecular weight is 313 g/mol. The third-order valence-electron chi connectivity index (χ3n) is 4.59. The number of nitrogens with one attached hydrogen (secondary N) is 2. The Labute approximate surface area is 136 Å². The van der Waals surface area contributed by atoms with Gasteiger partial charge in [-0.2, -0.15) is 0 Å². The van der Waals surface area contributed by atoms with Crippen molar-refractivity contribution in [1.29, 1.82) is 0 Å². The number of amides is 1. The summed E-state index contributed by atoms with van der Waals surface area (Å²) in [5, 5.41) is 13.2. The fourth-order valence-corrected chi connectivity index (χ4v) is 3.28. The van der Waals surface area contributed by atoms with Gasteiger partial charge in [-0.3, -0.25) is 4.79 Å². The van der Waals surface area contributed by atoms with Crippen LogP contribution in [0, 0.1) is 5.92 Å². The molecule has 1 heterocycles. The minimum atomic E-state index is -0.463. The molecule has 1 aromatic heterocycles. The van der Waals surface area contributed by atoms with Gasteiger partial charge in [-0.15, -0.1) is 0 Å². The number of hydrogen-bond donors (Lipinski definition) is 3. The molecule has 1 saturated carbocycles. The minimum absolute atomic E-state index is 0.174. The van der Waals surface area contributed by atoms with Gasteiger partial charge in [-0.05, 0) is 24.8 Å². The van der Waals surface area contributed by atoms with Gasteiger partial charge in [0.25, 0.3) is 5.91 Å².